The van der Waals surface area contributed by atoms with Gasteiger partial charge in [-0.05, 0) is 31.7 Å². The summed E-state index contributed by atoms with van der Waals surface area (Å²) in [4.78, 5) is 11.5. The number of aliphatic hydroxyl groups excluding tert-OH is 1. The molecule has 1 fully saturated rings. The maximum Gasteiger partial charge on any atom is 0.345 e. The van der Waals surface area contributed by atoms with Gasteiger partial charge in [0.2, 0.25) is 10.0 Å². The van der Waals surface area contributed by atoms with Crippen LogP contribution in [0.5, 0.6) is 0 Å². The van der Waals surface area contributed by atoms with E-state index in [1.165, 1.54) is 10.4 Å². The van der Waals surface area contributed by atoms with Gasteiger partial charge in [-0.25, -0.2) is 13.2 Å². The zero-order valence-electron chi connectivity index (χ0n) is 11.1. The monoisotopic (exact) mass is 319 g/mol. The minimum atomic E-state index is -3.63. The molecule has 1 aromatic heterocycles. The maximum atomic E-state index is 12.5. The van der Waals surface area contributed by atoms with E-state index in [4.69, 9.17) is 10.2 Å². The summed E-state index contributed by atoms with van der Waals surface area (Å²) in [5.41, 5.74) is 0. The van der Waals surface area contributed by atoms with Crippen LogP contribution in [0.25, 0.3) is 0 Å². The van der Waals surface area contributed by atoms with Gasteiger partial charge < -0.3 is 10.2 Å². The number of aliphatic hydroxyl groups is 1. The molecule has 8 heteroatoms. The average Bonchev–Trinajstić information content (AvgIpc) is 2.96. The molecule has 0 aliphatic carbocycles. The van der Waals surface area contributed by atoms with Crippen molar-refractivity contribution in [3.05, 3.63) is 15.8 Å². The number of hydrogen-bond acceptors (Lipinski definition) is 5. The van der Waals surface area contributed by atoms with Crippen LogP contribution in [0.15, 0.2) is 11.0 Å². The molecule has 1 aliphatic heterocycles. The van der Waals surface area contributed by atoms with Crippen LogP contribution in [-0.2, 0) is 10.0 Å². The third kappa shape index (κ3) is 2.88. The predicted octanol–water partition coefficient (Wildman–Crippen LogP) is 1.15. The van der Waals surface area contributed by atoms with Gasteiger partial charge in [0.15, 0.2) is 0 Å². The molecule has 2 rings (SSSR count). The molecule has 1 aromatic rings. The summed E-state index contributed by atoms with van der Waals surface area (Å²) >= 11 is 0.974. The normalized spacial score (nSPS) is 20.4. The lowest BCUT2D eigenvalue weighted by Gasteiger charge is -2.16. The Morgan fingerprint density at radius 1 is 1.55 bits per heavy atom. The summed E-state index contributed by atoms with van der Waals surface area (Å²) in [6.07, 6.45) is 1.32. The summed E-state index contributed by atoms with van der Waals surface area (Å²) < 4.78 is 26.4. The number of carbonyl (C=O) groups is 1. The highest BCUT2D eigenvalue weighted by molar-refractivity contribution is 7.89. The largest absolute Gasteiger partial charge is 0.477 e. The van der Waals surface area contributed by atoms with Crippen LogP contribution < -0.4 is 0 Å². The second-order valence-electron chi connectivity index (χ2n) is 4.87. The van der Waals surface area contributed by atoms with Crippen molar-refractivity contribution in [2.45, 2.75) is 24.7 Å². The number of aryl methyl sites for hydroxylation is 1. The highest BCUT2D eigenvalue weighted by Gasteiger charge is 2.34. The average molecular weight is 319 g/mol. The molecule has 6 nitrogen and oxygen atoms in total. The Morgan fingerprint density at radius 3 is 2.80 bits per heavy atom. The maximum absolute atomic E-state index is 12.5. The van der Waals surface area contributed by atoms with Crippen molar-refractivity contribution in [2.75, 3.05) is 19.7 Å². The molecule has 0 saturated carbocycles. The van der Waals surface area contributed by atoms with Crippen molar-refractivity contribution < 1.29 is 23.4 Å². The quantitative estimate of drug-likeness (QED) is 0.849. The van der Waals surface area contributed by atoms with Gasteiger partial charge in [-0.3, -0.25) is 0 Å². The van der Waals surface area contributed by atoms with E-state index >= 15 is 0 Å². The molecule has 2 N–H and O–H groups in total. The minimum absolute atomic E-state index is 0.0344. The van der Waals surface area contributed by atoms with Crippen molar-refractivity contribution in [2.24, 2.45) is 5.92 Å². The Labute approximate surface area is 121 Å². The number of aromatic carboxylic acids is 1. The van der Waals surface area contributed by atoms with Crippen molar-refractivity contribution in [1.29, 1.82) is 0 Å². The van der Waals surface area contributed by atoms with E-state index in [1.54, 1.807) is 6.92 Å². The number of carboxylic acids is 1. The number of nitrogens with zero attached hydrogens (tertiary/aromatic N) is 1. The van der Waals surface area contributed by atoms with Gasteiger partial charge in [0.1, 0.15) is 4.88 Å². The predicted molar refractivity (Wildman–Crippen MR) is 74.6 cm³/mol. The lowest BCUT2D eigenvalue weighted by atomic mass is 10.1. The van der Waals surface area contributed by atoms with E-state index < -0.39 is 16.0 Å². The van der Waals surface area contributed by atoms with Crippen molar-refractivity contribution >= 4 is 27.3 Å². The van der Waals surface area contributed by atoms with Crippen LogP contribution in [0.3, 0.4) is 0 Å². The molecule has 0 amide bonds. The van der Waals surface area contributed by atoms with E-state index in [2.05, 4.69) is 0 Å². The Kier molecular flexibility index (Phi) is 4.48. The van der Waals surface area contributed by atoms with E-state index in [-0.39, 0.29) is 22.3 Å². The highest BCUT2D eigenvalue weighted by Crippen LogP contribution is 2.31. The van der Waals surface area contributed by atoms with Crippen LogP contribution in [0.4, 0.5) is 0 Å². The number of thiophene rings is 1. The van der Waals surface area contributed by atoms with Crippen molar-refractivity contribution in [3.8, 4) is 0 Å². The van der Waals surface area contributed by atoms with Gasteiger partial charge in [-0.1, -0.05) is 0 Å². The summed E-state index contributed by atoms with van der Waals surface area (Å²) in [6.45, 7) is 2.48. The first kappa shape index (κ1) is 15.4. The van der Waals surface area contributed by atoms with Gasteiger partial charge in [0.25, 0.3) is 0 Å². The van der Waals surface area contributed by atoms with Crippen LogP contribution in [0.1, 0.15) is 27.4 Å². The summed E-state index contributed by atoms with van der Waals surface area (Å²) in [7, 11) is -3.63. The molecule has 1 aliphatic rings. The molecule has 1 saturated heterocycles. The van der Waals surface area contributed by atoms with Gasteiger partial charge in [-0.15, -0.1) is 11.3 Å². The molecule has 1 unspecified atom stereocenters. The SMILES string of the molecule is Cc1sc(C(=O)O)cc1S(=O)(=O)N1CCC(CCO)C1. The van der Waals surface area contributed by atoms with Crippen LogP contribution in [-0.4, -0.2) is 48.6 Å². The van der Waals surface area contributed by atoms with Crippen LogP contribution in [0, 0.1) is 12.8 Å². The summed E-state index contributed by atoms with van der Waals surface area (Å²) in [5, 5.41) is 17.8. The lowest BCUT2D eigenvalue weighted by molar-refractivity contribution is 0.0702. The molecule has 20 heavy (non-hydrogen) atoms. The van der Waals surface area contributed by atoms with E-state index in [0.29, 0.717) is 24.4 Å². The Balaban J connectivity index is 2.25. The Morgan fingerprint density at radius 2 is 2.25 bits per heavy atom. The fourth-order valence-electron chi connectivity index (χ4n) is 2.40. The smallest absolute Gasteiger partial charge is 0.345 e. The van der Waals surface area contributed by atoms with E-state index in [0.717, 1.165) is 17.8 Å². The van der Waals surface area contributed by atoms with Crippen LogP contribution >= 0.6 is 11.3 Å². The molecule has 0 bridgehead atoms. The number of rotatable bonds is 5. The molecule has 0 aromatic carbocycles. The zero-order valence-corrected chi connectivity index (χ0v) is 12.7. The molecule has 0 radical (unpaired) electrons. The topological polar surface area (TPSA) is 94.9 Å². The minimum Gasteiger partial charge on any atom is -0.477 e. The van der Waals surface area contributed by atoms with Crippen molar-refractivity contribution in [3.63, 3.8) is 0 Å². The van der Waals surface area contributed by atoms with Crippen LogP contribution in [0.2, 0.25) is 0 Å². The first-order valence-corrected chi connectivity index (χ1v) is 8.56. The fraction of sp³-hybridized carbons (Fsp3) is 0.583. The van der Waals surface area contributed by atoms with Gasteiger partial charge in [0.05, 0.1) is 4.90 Å². The van der Waals surface area contributed by atoms with Gasteiger partial charge in [0, 0.05) is 24.6 Å². The van der Waals surface area contributed by atoms with E-state index in [1.807, 2.05) is 0 Å². The van der Waals surface area contributed by atoms with E-state index in [9.17, 15) is 13.2 Å². The van der Waals surface area contributed by atoms with Gasteiger partial charge in [-0.2, -0.15) is 4.31 Å². The summed E-state index contributed by atoms with van der Waals surface area (Å²) in [6, 6.07) is 1.23. The second kappa shape index (κ2) is 5.80. The standard InChI is InChI=1S/C12H17NO5S2/c1-8-11(6-10(19-8)12(15)16)20(17,18)13-4-2-9(7-13)3-5-14/h6,9,14H,2-5,7H2,1H3,(H,15,16). The molecule has 112 valence electrons. The first-order valence-electron chi connectivity index (χ1n) is 6.31. The van der Waals surface area contributed by atoms with Gasteiger partial charge >= 0.3 is 5.97 Å². The number of hydrogen-bond donors (Lipinski definition) is 2. The lowest BCUT2D eigenvalue weighted by Crippen LogP contribution is -2.29. The molecular weight excluding hydrogens is 302 g/mol. The highest BCUT2D eigenvalue weighted by atomic mass is 32.2. The number of sulfonamides is 1. The molecule has 0 spiro atoms. The zero-order chi connectivity index (χ0) is 14.9. The third-order valence-corrected chi connectivity index (χ3v) is 6.65. The summed E-state index contributed by atoms with van der Waals surface area (Å²) in [5.74, 6) is -0.938. The second-order valence-corrected chi connectivity index (χ2v) is 8.03. The Hall–Kier alpha value is -0.960. The fourth-order valence-corrected chi connectivity index (χ4v) is 5.33. The van der Waals surface area contributed by atoms with Crippen molar-refractivity contribution in [1.82, 2.24) is 4.31 Å². The third-order valence-electron chi connectivity index (χ3n) is 3.49. The molecule has 1 atom stereocenters. The number of carboxylic acid groups (broad SMARTS) is 1. The molecule has 2 heterocycles. The molecular formula is C12H17NO5S2. The Bertz CT molecular complexity index is 607. The first-order chi connectivity index (χ1) is 9.36.